The van der Waals surface area contributed by atoms with Gasteiger partial charge < -0.3 is 4.74 Å². The number of hydrogen-bond donors (Lipinski definition) is 2. The first-order valence-electron chi connectivity index (χ1n) is 8.47. The number of nitrogens with zero attached hydrogens (tertiary/aromatic N) is 1. The molecule has 12 heteroatoms. The Bertz CT molecular complexity index is 966. The molecule has 1 aliphatic heterocycles. The number of carbonyl (C=O) groups is 1. The maximum Gasteiger partial charge on any atom is 0.416 e. The summed E-state index contributed by atoms with van der Waals surface area (Å²) in [6, 6.07) is 4.33. The number of thiophene rings is 1. The van der Waals surface area contributed by atoms with Crippen LogP contribution in [0.2, 0.25) is 0 Å². The Morgan fingerprint density at radius 1 is 1.17 bits per heavy atom. The van der Waals surface area contributed by atoms with Gasteiger partial charge in [-0.2, -0.15) is 28.8 Å². The average molecular weight is 450 g/mol. The Kier molecular flexibility index (Phi) is 6.17. The number of piperidine rings is 1. The summed E-state index contributed by atoms with van der Waals surface area (Å²) < 4.78 is 70.3. The van der Waals surface area contributed by atoms with Crippen LogP contribution in [0, 0.1) is 0 Å². The number of alkyl halides is 3. The average Bonchev–Trinajstić information content (AvgIpc) is 3.18. The van der Waals surface area contributed by atoms with Gasteiger partial charge in [-0.05, 0) is 37.1 Å². The highest BCUT2D eigenvalue weighted by molar-refractivity contribution is 7.89. The molecule has 29 heavy (non-hydrogen) atoms. The molecular weight excluding hydrogens is 433 g/mol. The van der Waals surface area contributed by atoms with Crippen LogP contribution in [0.4, 0.5) is 13.2 Å². The van der Waals surface area contributed by atoms with Crippen molar-refractivity contribution < 1.29 is 36.3 Å². The molecule has 0 radical (unpaired) electrons. The molecule has 1 amide bonds. The predicted octanol–water partition coefficient (Wildman–Crippen LogP) is 3.12. The van der Waals surface area contributed by atoms with Crippen LogP contribution in [-0.4, -0.2) is 43.0 Å². The number of amides is 1. The van der Waals surface area contributed by atoms with Crippen LogP contribution in [0.25, 0.3) is 0 Å². The molecule has 1 aromatic carbocycles. The molecule has 2 aromatic rings. The maximum absolute atomic E-state index is 12.8. The highest BCUT2D eigenvalue weighted by atomic mass is 32.2. The number of sulfonamides is 1. The Hall–Kier alpha value is -2.15. The fourth-order valence-corrected chi connectivity index (χ4v) is 5.77. The molecule has 0 spiro atoms. The summed E-state index contributed by atoms with van der Waals surface area (Å²) in [4.78, 5) is 11.5. The van der Waals surface area contributed by atoms with Gasteiger partial charge in [-0.3, -0.25) is 10.0 Å². The second-order valence-electron chi connectivity index (χ2n) is 6.33. The van der Waals surface area contributed by atoms with E-state index in [1.54, 1.807) is 0 Å². The third-order valence-corrected chi connectivity index (χ3v) is 7.31. The summed E-state index contributed by atoms with van der Waals surface area (Å²) in [6.45, 7) is 0.257. The molecule has 7 nitrogen and oxygen atoms in total. The van der Waals surface area contributed by atoms with E-state index in [2.05, 4.69) is 0 Å². The molecule has 158 valence electrons. The van der Waals surface area contributed by atoms with Gasteiger partial charge in [-0.1, -0.05) is 0 Å². The Labute approximate surface area is 168 Å². The SMILES string of the molecule is O=C(NO)c1cscc1S(=O)(=O)N1CCC(Oc2ccc(C(F)(F)F)cc2)CC1. The minimum Gasteiger partial charge on any atom is -0.490 e. The summed E-state index contributed by atoms with van der Waals surface area (Å²) >= 11 is 1.02. The van der Waals surface area contributed by atoms with Gasteiger partial charge in [0.05, 0.1) is 11.1 Å². The minimum atomic E-state index is -4.42. The molecule has 0 aliphatic carbocycles. The first kappa shape index (κ1) is 21.6. The number of rotatable bonds is 5. The Morgan fingerprint density at radius 3 is 2.34 bits per heavy atom. The van der Waals surface area contributed by atoms with Gasteiger partial charge >= 0.3 is 6.18 Å². The summed E-state index contributed by atoms with van der Waals surface area (Å²) in [6.07, 6.45) is -4.09. The van der Waals surface area contributed by atoms with E-state index in [9.17, 15) is 26.4 Å². The monoisotopic (exact) mass is 450 g/mol. The van der Waals surface area contributed by atoms with E-state index in [-0.39, 0.29) is 35.4 Å². The van der Waals surface area contributed by atoms with Crippen molar-refractivity contribution in [1.29, 1.82) is 0 Å². The van der Waals surface area contributed by atoms with Gasteiger partial charge in [0.1, 0.15) is 16.7 Å². The third-order valence-electron chi connectivity index (χ3n) is 4.48. The van der Waals surface area contributed by atoms with Crippen molar-refractivity contribution in [2.75, 3.05) is 13.1 Å². The van der Waals surface area contributed by atoms with Crippen LogP contribution < -0.4 is 10.2 Å². The molecule has 3 rings (SSSR count). The van der Waals surface area contributed by atoms with Gasteiger partial charge in [0.2, 0.25) is 10.0 Å². The fraction of sp³-hybridized carbons (Fsp3) is 0.353. The molecule has 1 aromatic heterocycles. The molecule has 1 aliphatic rings. The lowest BCUT2D eigenvalue weighted by Gasteiger charge is -2.31. The van der Waals surface area contributed by atoms with Gasteiger partial charge in [0.15, 0.2) is 0 Å². The molecule has 1 fully saturated rings. The lowest BCUT2D eigenvalue weighted by Crippen LogP contribution is -2.42. The highest BCUT2D eigenvalue weighted by Gasteiger charge is 2.34. The molecular formula is C17H17F3N2O5S2. The minimum absolute atomic E-state index is 0.129. The van der Waals surface area contributed by atoms with E-state index in [1.165, 1.54) is 32.7 Å². The van der Waals surface area contributed by atoms with Crippen LogP contribution in [-0.2, 0) is 16.2 Å². The lowest BCUT2D eigenvalue weighted by atomic mass is 10.1. The first-order valence-corrected chi connectivity index (χ1v) is 10.9. The molecule has 0 unspecified atom stereocenters. The van der Waals surface area contributed by atoms with Crippen molar-refractivity contribution in [1.82, 2.24) is 9.79 Å². The second-order valence-corrected chi connectivity index (χ2v) is 8.98. The standard InChI is InChI=1S/C17H17F3N2O5S2/c18-17(19,20)11-1-3-12(4-2-11)27-13-5-7-22(8-6-13)29(25,26)15-10-28-9-14(15)16(23)21-24/h1-4,9-10,13,24H,5-8H2,(H,21,23). The number of hydrogen-bond acceptors (Lipinski definition) is 6. The van der Waals surface area contributed by atoms with Gasteiger partial charge in [0, 0.05) is 23.8 Å². The highest BCUT2D eigenvalue weighted by Crippen LogP contribution is 2.31. The largest absolute Gasteiger partial charge is 0.490 e. The predicted molar refractivity (Wildman–Crippen MR) is 97.4 cm³/mol. The molecule has 0 atom stereocenters. The zero-order chi connectivity index (χ0) is 21.2. The van der Waals surface area contributed by atoms with Crippen LogP contribution in [0.15, 0.2) is 39.9 Å². The Morgan fingerprint density at radius 2 is 1.79 bits per heavy atom. The summed E-state index contributed by atoms with van der Waals surface area (Å²) in [7, 11) is -3.93. The van der Waals surface area contributed by atoms with E-state index in [0.717, 1.165) is 23.5 Å². The second kappa shape index (κ2) is 8.30. The van der Waals surface area contributed by atoms with E-state index in [1.807, 2.05) is 0 Å². The number of halogens is 3. The maximum atomic E-state index is 12.8. The third kappa shape index (κ3) is 4.71. The van der Waals surface area contributed by atoms with Crippen LogP contribution in [0.3, 0.4) is 0 Å². The molecule has 0 saturated carbocycles. The van der Waals surface area contributed by atoms with Crippen LogP contribution in [0.1, 0.15) is 28.8 Å². The van der Waals surface area contributed by atoms with E-state index in [4.69, 9.17) is 9.94 Å². The van der Waals surface area contributed by atoms with Crippen molar-refractivity contribution in [2.45, 2.75) is 30.0 Å². The smallest absolute Gasteiger partial charge is 0.416 e. The van der Waals surface area contributed by atoms with Crippen molar-refractivity contribution in [2.24, 2.45) is 0 Å². The Balaban J connectivity index is 1.63. The van der Waals surface area contributed by atoms with Crippen LogP contribution in [0.5, 0.6) is 5.75 Å². The quantitative estimate of drug-likeness (QED) is 0.539. The van der Waals surface area contributed by atoms with Crippen molar-refractivity contribution >= 4 is 27.3 Å². The fourth-order valence-electron chi connectivity index (χ4n) is 2.96. The summed E-state index contributed by atoms with van der Waals surface area (Å²) in [5.74, 6) is -0.635. The number of ether oxygens (including phenoxy) is 1. The number of hydroxylamine groups is 1. The van der Waals surface area contributed by atoms with Crippen molar-refractivity contribution in [3.63, 3.8) is 0 Å². The van der Waals surface area contributed by atoms with E-state index < -0.39 is 27.7 Å². The van der Waals surface area contributed by atoms with E-state index >= 15 is 0 Å². The zero-order valence-electron chi connectivity index (χ0n) is 14.8. The summed E-state index contributed by atoms with van der Waals surface area (Å²) in [5.41, 5.74) is 0.513. The van der Waals surface area contributed by atoms with Crippen molar-refractivity contribution in [3.8, 4) is 5.75 Å². The number of nitrogens with one attached hydrogen (secondary N) is 1. The molecule has 2 heterocycles. The lowest BCUT2D eigenvalue weighted by molar-refractivity contribution is -0.137. The van der Waals surface area contributed by atoms with E-state index in [0.29, 0.717) is 12.8 Å². The normalized spacial score (nSPS) is 16.6. The number of benzene rings is 1. The topological polar surface area (TPSA) is 95.9 Å². The number of carbonyl (C=O) groups excluding carboxylic acids is 1. The first-order chi connectivity index (χ1) is 13.6. The van der Waals surface area contributed by atoms with Crippen molar-refractivity contribution in [3.05, 3.63) is 46.2 Å². The van der Waals surface area contributed by atoms with Crippen LogP contribution >= 0.6 is 11.3 Å². The molecule has 0 bridgehead atoms. The van der Waals surface area contributed by atoms with Gasteiger partial charge in [0.25, 0.3) is 5.91 Å². The van der Waals surface area contributed by atoms with Gasteiger partial charge in [-0.15, -0.1) is 0 Å². The molecule has 1 saturated heterocycles. The van der Waals surface area contributed by atoms with Gasteiger partial charge in [-0.25, -0.2) is 13.9 Å². The zero-order valence-corrected chi connectivity index (χ0v) is 16.5. The molecule has 2 N–H and O–H groups in total. The summed E-state index contributed by atoms with van der Waals surface area (Å²) in [5, 5.41) is 11.4.